The molecular formula is C15H24N7+. The van der Waals surface area contributed by atoms with Crippen molar-refractivity contribution in [3.8, 4) is 0 Å². The van der Waals surface area contributed by atoms with Gasteiger partial charge in [-0.2, -0.15) is 5.21 Å². The van der Waals surface area contributed by atoms with E-state index in [1.54, 1.807) is 0 Å². The van der Waals surface area contributed by atoms with Crippen LogP contribution in [0.4, 0.5) is 5.95 Å². The first-order valence-electron chi connectivity index (χ1n) is 7.61. The van der Waals surface area contributed by atoms with Gasteiger partial charge in [0.15, 0.2) is 0 Å². The number of tetrazole rings is 1. The van der Waals surface area contributed by atoms with Crippen LogP contribution in [0.25, 0.3) is 0 Å². The van der Waals surface area contributed by atoms with E-state index in [9.17, 15) is 0 Å². The number of aromatic nitrogens is 4. The number of quaternary nitrogens is 1. The van der Waals surface area contributed by atoms with Crippen LogP contribution in [0.2, 0.25) is 0 Å². The molecule has 1 aromatic heterocycles. The monoisotopic (exact) mass is 302 g/mol. The number of rotatable bonds is 3. The van der Waals surface area contributed by atoms with Crippen molar-refractivity contribution in [1.29, 1.82) is 0 Å². The zero-order valence-corrected chi connectivity index (χ0v) is 13.0. The summed E-state index contributed by atoms with van der Waals surface area (Å²) in [4.78, 5) is 4.88. The van der Waals surface area contributed by atoms with Gasteiger partial charge in [-0.25, -0.2) is 0 Å². The summed E-state index contributed by atoms with van der Waals surface area (Å²) in [5.41, 5.74) is 1.41. The molecule has 4 rings (SSSR count). The molecule has 2 aliphatic heterocycles. The van der Waals surface area contributed by atoms with Crippen LogP contribution in [0.5, 0.6) is 0 Å². The molecule has 22 heavy (non-hydrogen) atoms. The van der Waals surface area contributed by atoms with Crippen molar-refractivity contribution in [3.05, 3.63) is 35.9 Å². The van der Waals surface area contributed by atoms with E-state index in [0.29, 0.717) is 11.8 Å². The smallest absolute Gasteiger partial charge is 0.265 e. The maximum Gasteiger partial charge on any atom is 0.265 e. The molecule has 2 bridgehead atoms. The Hall–Kier alpha value is -1.99. The maximum absolute atomic E-state index is 4.12. The van der Waals surface area contributed by atoms with E-state index in [4.69, 9.17) is 0 Å². The number of nitrogens with one attached hydrogen (secondary N) is 1. The quantitative estimate of drug-likeness (QED) is 0.896. The van der Waals surface area contributed by atoms with E-state index in [2.05, 4.69) is 60.8 Å². The molecule has 7 heteroatoms. The van der Waals surface area contributed by atoms with Crippen molar-refractivity contribution in [3.63, 3.8) is 0 Å². The fourth-order valence-electron chi connectivity index (χ4n) is 3.81. The SMILES string of the molecule is [NH4+].c1ccc(CN2CC3CC(C2)CN(c2nn[nH]n2)C3)cc1. The topological polar surface area (TPSA) is 97.4 Å². The van der Waals surface area contributed by atoms with Crippen LogP contribution in [0.15, 0.2) is 30.3 Å². The Bertz CT molecular complexity index is 557. The van der Waals surface area contributed by atoms with Gasteiger partial charge in [-0.15, -0.1) is 5.10 Å². The minimum atomic E-state index is 0. The van der Waals surface area contributed by atoms with Gasteiger partial charge in [-0.05, 0) is 29.0 Å². The number of piperidine rings is 2. The summed E-state index contributed by atoms with van der Waals surface area (Å²) in [5.74, 6) is 2.17. The van der Waals surface area contributed by atoms with Crippen LogP contribution in [-0.4, -0.2) is 51.7 Å². The first-order valence-corrected chi connectivity index (χ1v) is 7.61. The molecule has 0 radical (unpaired) electrons. The van der Waals surface area contributed by atoms with E-state index in [1.807, 2.05) is 0 Å². The van der Waals surface area contributed by atoms with Crippen LogP contribution in [-0.2, 0) is 6.54 Å². The van der Waals surface area contributed by atoms with Gasteiger partial charge in [-0.1, -0.05) is 35.4 Å². The third-order valence-corrected chi connectivity index (χ3v) is 4.52. The molecule has 5 N–H and O–H groups in total. The van der Waals surface area contributed by atoms with Gasteiger partial charge in [0, 0.05) is 32.7 Å². The highest BCUT2D eigenvalue weighted by molar-refractivity contribution is 5.28. The van der Waals surface area contributed by atoms with E-state index < -0.39 is 0 Å². The zero-order chi connectivity index (χ0) is 14.1. The largest absolute Gasteiger partial charge is 0.369 e. The minimum absolute atomic E-state index is 0. The predicted octanol–water partition coefficient (Wildman–Crippen LogP) is 1.53. The molecule has 2 saturated heterocycles. The van der Waals surface area contributed by atoms with Crippen molar-refractivity contribution in [1.82, 2.24) is 31.7 Å². The average Bonchev–Trinajstić information content (AvgIpc) is 3.01. The second-order valence-corrected chi connectivity index (χ2v) is 6.26. The molecule has 118 valence electrons. The summed E-state index contributed by atoms with van der Waals surface area (Å²) in [5, 5.41) is 14.5. The Kier molecular flexibility index (Phi) is 4.35. The van der Waals surface area contributed by atoms with Crippen molar-refractivity contribution >= 4 is 5.95 Å². The van der Waals surface area contributed by atoms with Crippen LogP contribution in [0.3, 0.4) is 0 Å². The molecule has 1 aromatic carbocycles. The number of fused-ring (bicyclic) bond motifs is 2. The third-order valence-electron chi connectivity index (χ3n) is 4.52. The van der Waals surface area contributed by atoms with E-state index in [-0.39, 0.29) is 6.15 Å². The zero-order valence-electron chi connectivity index (χ0n) is 13.0. The molecule has 2 atom stereocenters. The van der Waals surface area contributed by atoms with Crippen LogP contribution >= 0.6 is 0 Å². The minimum Gasteiger partial charge on any atom is -0.369 e. The molecule has 2 aliphatic rings. The number of nitrogens with zero attached hydrogens (tertiary/aromatic N) is 5. The van der Waals surface area contributed by atoms with E-state index in [0.717, 1.165) is 25.6 Å². The van der Waals surface area contributed by atoms with Crippen LogP contribution < -0.4 is 11.1 Å². The Morgan fingerprint density at radius 3 is 2.41 bits per heavy atom. The molecule has 0 saturated carbocycles. The number of anilines is 1. The number of hydrogen-bond donors (Lipinski definition) is 2. The van der Waals surface area contributed by atoms with Gasteiger partial charge in [0.2, 0.25) is 0 Å². The first-order chi connectivity index (χ1) is 10.4. The summed E-state index contributed by atoms with van der Waals surface area (Å²) in [7, 11) is 0. The fraction of sp³-hybridized carbons (Fsp3) is 0.533. The molecule has 2 aromatic rings. The highest BCUT2D eigenvalue weighted by atomic mass is 15.5. The second kappa shape index (κ2) is 6.41. The highest BCUT2D eigenvalue weighted by Crippen LogP contribution is 2.30. The van der Waals surface area contributed by atoms with Gasteiger partial charge in [-0.3, -0.25) is 4.90 Å². The number of benzene rings is 1. The Morgan fingerprint density at radius 1 is 1.05 bits per heavy atom. The lowest BCUT2D eigenvalue weighted by atomic mass is 9.84. The van der Waals surface area contributed by atoms with Crippen molar-refractivity contribution in [2.75, 3.05) is 31.1 Å². The molecule has 0 spiro atoms. The number of hydrogen-bond acceptors (Lipinski definition) is 5. The van der Waals surface area contributed by atoms with Gasteiger partial charge in [0.25, 0.3) is 5.95 Å². The molecule has 2 fully saturated rings. The van der Waals surface area contributed by atoms with Crippen LogP contribution in [0.1, 0.15) is 12.0 Å². The van der Waals surface area contributed by atoms with Crippen molar-refractivity contribution in [2.24, 2.45) is 11.8 Å². The van der Waals surface area contributed by atoms with E-state index >= 15 is 0 Å². The van der Waals surface area contributed by atoms with E-state index in [1.165, 1.54) is 25.1 Å². The summed E-state index contributed by atoms with van der Waals surface area (Å²) in [6.07, 6.45) is 1.33. The molecule has 7 nitrogen and oxygen atoms in total. The third kappa shape index (κ3) is 3.10. The number of aromatic amines is 1. The summed E-state index contributed by atoms with van der Waals surface area (Å²) in [6.45, 7) is 5.48. The van der Waals surface area contributed by atoms with Crippen LogP contribution in [0, 0.1) is 11.8 Å². The van der Waals surface area contributed by atoms with Gasteiger partial charge in [0.1, 0.15) is 0 Å². The van der Waals surface area contributed by atoms with Crippen molar-refractivity contribution < 1.29 is 0 Å². The Labute approximate surface area is 130 Å². The summed E-state index contributed by atoms with van der Waals surface area (Å²) < 4.78 is 0. The average molecular weight is 302 g/mol. The van der Waals surface area contributed by atoms with Gasteiger partial charge >= 0.3 is 0 Å². The highest BCUT2D eigenvalue weighted by Gasteiger charge is 2.35. The predicted molar refractivity (Wildman–Crippen MR) is 85.7 cm³/mol. The number of likely N-dealkylation sites (tertiary alicyclic amines) is 1. The Morgan fingerprint density at radius 2 is 1.77 bits per heavy atom. The second-order valence-electron chi connectivity index (χ2n) is 6.26. The number of H-pyrrole nitrogens is 1. The normalized spacial score (nSPS) is 24.8. The van der Waals surface area contributed by atoms with Gasteiger partial charge < -0.3 is 11.1 Å². The van der Waals surface area contributed by atoms with Crippen molar-refractivity contribution in [2.45, 2.75) is 13.0 Å². The fourth-order valence-corrected chi connectivity index (χ4v) is 3.81. The molecule has 0 aliphatic carbocycles. The molecule has 0 amide bonds. The summed E-state index contributed by atoms with van der Waals surface area (Å²) in [6, 6.07) is 10.8. The lowest BCUT2D eigenvalue weighted by Gasteiger charge is -2.45. The molecule has 3 heterocycles. The Balaban J connectivity index is 0.00000144. The first kappa shape index (κ1) is 14.9. The molecular weight excluding hydrogens is 278 g/mol. The maximum atomic E-state index is 4.12. The molecule has 2 unspecified atom stereocenters. The lowest BCUT2D eigenvalue weighted by molar-refractivity contribution is 0.102. The standard InChI is InChI=1S/C15H20N6.H3N/c1-2-4-12(5-3-1)7-20-8-13-6-14(9-20)11-21(10-13)15-16-18-19-17-15;/h1-5,13-14H,6-11H2,(H,16,17,18,19);1H3/p+1. The summed E-state index contributed by atoms with van der Waals surface area (Å²) >= 11 is 0. The van der Waals surface area contributed by atoms with Gasteiger partial charge in [0.05, 0.1) is 0 Å². The lowest BCUT2D eigenvalue weighted by Crippen LogP contribution is -2.52.